The molecule has 0 aliphatic rings. The first-order valence-corrected chi connectivity index (χ1v) is 5.27. The molecule has 0 aliphatic heterocycles. The van der Waals surface area contributed by atoms with E-state index in [9.17, 15) is 23.1 Å². The molecule has 100 valence electrons. The molecule has 1 aromatic carbocycles. The minimum Gasteiger partial charge on any atom is -0.461 e. The Kier molecular flexibility index (Phi) is 4.01. The maximum Gasteiger partial charge on any atom is 0.380 e. The van der Waals surface area contributed by atoms with Gasteiger partial charge in [0.15, 0.2) is 5.60 Å². The molecule has 1 aromatic rings. The van der Waals surface area contributed by atoms with E-state index in [1.54, 1.807) is 0 Å². The van der Waals surface area contributed by atoms with Crippen molar-refractivity contribution in [3.8, 4) is 0 Å². The van der Waals surface area contributed by atoms with Crippen molar-refractivity contribution in [2.24, 2.45) is 0 Å². The van der Waals surface area contributed by atoms with Gasteiger partial charge in [-0.3, -0.25) is 0 Å². The van der Waals surface area contributed by atoms with Gasteiger partial charge in [-0.1, -0.05) is 12.1 Å². The number of alkyl halides is 2. The molecule has 0 fully saturated rings. The monoisotopic (exact) mass is 262 g/mol. The van der Waals surface area contributed by atoms with Crippen molar-refractivity contribution in [3.05, 3.63) is 35.6 Å². The Balaban J connectivity index is 3.16. The van der Waals surface area contributed by atoms with E-state index in [2.05, 4.69) is 4.74 Å². The molecule has 0 aromatic heterocycles. The number of halogens is 3. The predicted molar refractivity (Wildman–Crippen MR) is 57.6 cm³/mol. The highest BCUT2D eigenvalue weighted by molar-refractivity contribution is 5.79. The molecule has 0 bridgehead atoms. The van der Waals surface area contributed by atoms with Gasteiger partial charge >= 0.3 is 11.9 Å². The summed E-state index contributed by atoms with van der Waals surface area (Å²) in [6.45, 7) is 1.86. The summed E-state index contributed by atoms with van der Waals surface area (Å²) in [5.41, 5.74) is -3.25. The van der Waals surface area contributed by atoms with Crippen LogP contribution in [0.15, 0.2) is 24.3 Å². The second kappa shape index (κ2) is 4.97. The molecule has 1 rings (SSSR count). The van der Waals surface area contributed by atoms with E-state index in [1.165, 1.54) is 13.0 Å². The fourth-order valence-electron chi connectivity index (χ4n) is 1.39. The lowest BCUT2D eigenvalue weighted by Crippen LogP contribution is -2.49. The molecule has 1 N–H and O–H groups in total. The van der Waals surface area contributed by atoms with E-state index < -0.39 is 28.9 Å². The van der Waals surface area contributed by atoms with Crippen LogP contribution in [0.25, 0.3) is 0 Å². The van der Waals surface area contributed by atoms with Crippen LogP contribution in [0, 0.1) is 5.82 Å². The summed E-state index contributed by atoms with van der Waals surface area (Å²) in [6, 6.07) is 4.06. The van der Waals surface area contributed by atoms with Crippen LogP contribution < -0.4 is 0 Å². The fraction of sp³-hybridized carbons (Fsp3) is 0.417. The Morgan fingerprint density at radius 3 is 2.56 bits per heavy atom. The average molecular weight is 262 g/mol. The van der Waals surface area contributed by atoms with Crippen LogP contribution in [-0.4, -0.2) is 23.6 Å². The third-order valence-electron chi connectivity index (χ3n) is 2.53. The number of benzene rings is 1. The van der Waals surface area contributed by atoms with E-state index >= 15 is 0 Å². The van der Waals surface area contributed by atoms with Crippen LogP contribution in [0.5, 0.6) is 0 Å². The Labute approximate surface area is 102 Å². The Bertz CT molecular complexity index is 444. The summed E-state index contributed by atoms with van der Waals surface area (Å²) in [6.07, 6.45) is 0. The molecule has 0 saturated heterocycles. The van der Waals surface area contributed by atoms with Gasteiger partial charge in [0.05, 0.1) is 6.61 Å². The van der Waals surface area contributed by atoms with E-state index in [-0.39, 0.29) is 6.61 Å². The van der Waals surface area contributed by atoms with Crippen LogP contribution in [0.3, 0.4) is 0 Å². The average Bonchev–Trinajstić information content (AvgIpc) is 2.29. The number of ether oxygens (including phenoxy) is 1. The van der Waals surface area contributed by atoms with Crippen LogP contribution in [-0.2, 0) is 15.1 Å². The molecule has 0 spiro atoms. The number of rotatable bonds is 4. The second-order valence-corrected chi connectivity index (χ2v) is 3.88. The van der Waals surface area contributed by atoms with Gasteiger partial charge in [0, 0.05) is 0 Å². The van der Waals surface area contributed by atoms with Gasteiger partial charge in [0.2, 0.25) is 0 Å². The Morgan fingerprint density at radius 1 is 1.44 bits per heavy atom. The van der Waals surface area contributed by atoms with Crippen molar-refractivity contribution in [1.82, 2.24) is 0 Å². The number of carbonyl (C=O) groups excluding carboxylic acids is 1. The highest BCUT2D eigenvalue weighted by Gasteiger charge is 2.57. The lowest BCUT2D eigenvalue weighted by molar-refractivity contribution is -0.212. The minimum atomic E-state index is -4.17. The molecule has 0 radical (unpaired) electrons. The minimum absolute atomic E-state index is 0.242. The molecule has 6 heteroatoms. The SMILES string of the molecule is CCOC(=O)C(F)(F)C(C)(O)c1cccc(F)c1. The zero-order valence-electron chi connectivity index (χ0n) is 9.91. The van der Waals surface area contributed by atoms with Crippen LogP contribution in [0.2, 0.25) is 0 Å². The van der Waals surface area contributed by atoms with Crippen molar-refractivity contribution >= 4 is 5.97 Å². The Morgan fingerprint density at radius 2 is 2.06 bits per heavy atom. The van der Waals surface area contributed by atoms with E-state index in [1.807, 2.05) is 0 Å². The van der Waals surface area contributed by atoms with Gasteiger partial charge in [-0.25, -0.2) is 9.18 Å². The van der Waals surface area contributed by atoms with Gasteiger partial charge in [-0.2, -0.15) is 8.78 Å². The largest absolute Gasteiger partial charge is 0.461 e. The summed E-state index contributed by atoms with van der Waals surface area (Å²) in [4.78, 5) is 11.1. The standard InChI is InChI=1S/C12H13F3O3/c1-3-18-10(16)12(14,15)11(2,17)8-5-4-6-9(13)7-8/h4-7,17H,3H2,1-2H3. The van der Waals surface area contributed by atoms with E-state index in [0.717, 1.165) is 25.1 Å². The number of esters is 1. The van der Waals surface area contributed by atoms with Gasteiger partial charge in [-0.05, 0) is 31.5 Å². The molecule has 18 heavy (non-hydrogen) atoms. The second-order valence-electron chi connectivity index (χ2n) is 3.88. The normalized spacial score (nSPS) is 15.0. The first-order chi connectivity index (χ1) is 8.23. The molecule has 0 heterocycles. The summed E-state index contributed by atoms with van der Waals surface area (Å²) < 4.78 is 44.7. The van der Waals surface area contributed by atoms with Crippen molar-refractivity contribution < 1.29 is 27.8 Å². The smallest absolute Gasteiger partial charge is 0.380 e. The van der Waals surface area contributed by atoms with Gasteiger partial charge in [-0.15, -0.1) is 0 Å². The van der Waals surface area contributed by atoms with E-state index in [4.69, 9.17) is 0 Å². The number of hydrogen-bond donors (Lipinski definition) is 1. The summed E-state index contributed by atoms with van der Waals surface area (Å²) in [7, 11) is 0. The first kappa shape index (κ1) is 14.5. The number of aliphatic hydroxyl groups is 1. The highest BCUT2D eigenvalue weighted by atomic mass is 19.3. The molecular formula is C12H13F3O3. The number of hydrogen-bond acceptors (Lipinski definition) is 3. The number of carbonyl (C=O) groups is 1. The maximum atomic E-state index is 13.8. The summed E-state index contributed by atoms with van der Waals surface area (Å²) in [5, 5.41) is 9.82. The van der Waals surface area contributed by atoms with Crippen molar-refractivity contribution in [2.45, 2.75) is 25.4 Å². The third kappa shape index (κ3) is 2.48. The van der Waals surface area contributed by atoms with Gasteiger partial charge < -0.3 is 9.84 Å². The van der Waals surface area contributed by atoms with Crippen molar-refractivity contribution in [1.29, 1.82) is 0 Å². The summed E-state index contributed by atoms with van der Waals surface area (Å²) in [5.74, 6) is -6.80. The molecule has 0 aliphatic carbocycles. The zero-order valence-corrected chi connectivity index (χ0v) is 9.91. The first-order valence-electron chi connectivity index (χ1n) is 5.27. The molecule has 1 unspecified atom stereocenters. The van der Waals surface area contributed by atoms with Crippen LogP contribution in [0.1, 0.15) is 19.4 Å². The molecule has 1 atom stereocenters. The molecular weight excluding hydrogens is 249 g/mol. The van der Waals surface area contributed by atoms with Gasteiger partial charge in [0.1, 0.15) is 5.82 Å². The van der Waals surface area contributed by atoms with E-state index in [0.29, 0.717) is 0 Å². The topological polar surface area (TPSA) is 46.5 Å². The van der Waals surface area contributed by atoms with Gasteiger partial charge in [0.25, 0.3) is 0 Å². The quantitative estimate of drug-likeness (QED) is 0.846. The molecule has 0 saturated carbocycles. The third-order valence-corrected chi connectivity index (χ3v) is 2.53. The highest BCUT2D eigenvalue weighted by Crippen LogP contribution is 2.38. The summed E-state index contributed by atoms with van der Waals surface area (Å²) >= 11 is 0. The Hall–Kier alpha value is -1.56. The fourth-order valence-corrected chi connectivity index (χ4v) is 1.39. The molecule has 3 nitrogen and oxygen atoms in total. The molecule has 0 amide bonds. The lowest BCUT2D eigenvalue weighted by Gasteiger charge is -2.30. The lowest BCUT2D eigenvalue weighted by atomic mass is 9.89. The van der Waals surface area contributed by atoms with Crippen molar-refractivity contribution in [3.63, 3.8) is 0 Å². The zero-order chi connectivity index (χ0) is 14.0. The van der Waals surface area contributed by atoms with Crippen molar-refractivity contribution in [2.75, 3.05) is 6.61 Å². The van der Waals surface area contributed by atoms with Crippen LogP contribution >= 0.6 is 0 Å². The maximum absolute atomic E-state index is 13.8. The van der Waals surface area contributed by atoms with Crippen LogP contribution in [0.4, 0.5) is 13.2 Å². The predicted octanol–water partition coefficient (Wildman–Crippen LogP) is 2.23.